The second-order valence-corrected chi connectivity index (χ2v) is 9.28. The molecular weight excluding hydrogens is 486 g/mol. The van der Waals surface area contributed by atoms with E-state index in [2.05, 4.69) is 21.2 Å². The molecule has 0 bridgehead atoms. The summed E-state index contributed by atoms with van der Waals surface area (Å²) in [5.41, 5.74) is -1.52. The maximum atomic E-state index is 13.8. The van der Waals surface area contributed by atoms with Gasteiger partial charge in [0.05, 0.1) is 18.2 Å². The van der Waals surface area contributed by atoms with Crippen molar-refractivity contribution in [3.05, 3.63) is 88.4 Å². The third-order valence-corrected chi connectivity index (χ3v) is 7.32. The van der Waals surface area contributed by atoms with Gasteiger partial charge < -0.3 is 14.8 Å². The number of methoxy groups -OCH3 is 1. The molecule has 1 fully saturated rings. The molecule has 0 aromatic heterocycles. The van der Waals surface area contributed by atoms with E-state index >= 15 is 0 Å². The summed E-state index contributed by atoms with van der Waals surface area (Å²) in [6, 6.07) is 20.9. The molecule has 5 rings (SSSR count). The van der Waals surface area contributed by atoms with Crippen LogP contribution in [0.2, 0.25) is 0 Å². The Morgan fingerprint density at radius 1 is 1.00 bits per heavy atom. The molecule has 6 nitrogen and oxygen atoms in total. The van der Waals surface area contributed by atoms with Crippen molar-refractivity contribution in [1.82, 2.24) is 0 Å². The van der Waals surface area contributed by atoms with E-state index in [4.69, 9.17) is 9.47 Å². The van der Waals surface area contributed by atoms with Crippen molar-refractivity contribution < 1.29 is 23.9 Å². The number of rotatable bonds is 5. The van der Waals surface area contributed by atoms with Crippen molar-refractivity contribution in [2.45, 2.75) is 12.8 Å². The standard InChI is InChI=1S/C26H20BrNO5/c1-25(22(29)15-11-13-16(27)14-12-15)21-17-7-3-5-9-19(17)33-24(31)26(21,25)23(30)28-18-8-4-6-10-20(18)32-2/h3-14,21H,1-2H3,(H,28,30). The van der Waals surface area contributed by atoms with E-state index in [1.807, 2.05) is 6.07 Å². The van der Waals surface area contributed by atoms with Gasteiger partial charge >= 0.3 is 5.97 Å². The van der Waals surface area contributed by atoms with E-state index in [0.717, 1.165) is 4.47 Å². The molecule has 3 atom stereocenters. The Morgan fingerprint density at radius 2 is 1.67 bits per heavy atom. The molecule has 1 amide bonds. The quantitative estimate of drug-likeness (QED) is 0.228. The van der Waals surface area contributed by atoms with Gasteiger partial charge in [-0.15, -0.1) is 0 Å². The van der Waals surface area contributed by atoms with Crippen LogP contribution in [0.25, 0.3) is 0 Å². The van der Waals surface area contributed by atoms with Gasteiger partial charge in [-0.05, 0) is 37.3 Å². The molecule has 2 aliphatic rings. The Labute approximate surface area is 199 Å². The lowest BCUT2D eigenvalue weighted by Crippen LogP contribution is -2.42. The van der Waals surface area contributed by atoms with Gasteiger partial charge in [-0.1, -0.05) is 58.4 Å². The zero-order valence-corrected chi connectivity index (χ0v) is 19.5. The first kappa shape index (κ1) is 21.4. The lowest BCUT2D eigenvalue weighted by Gasteiger charge is -2.23. The Kier molecular flexibility index (Phi) is 4.90. The Bertz CT molecular complexity index is 1300. The number of Topliss-reactive ketones (excluding diaryl/α,β-unsaturated/α-hetero) is 1. The van der Waals surface area contributed by atoms with E-state index in [1.54, 1.807) is 73.7 Å². The molecule has 0 radical (unpaired) electrons. The highest BCUT2D eigenvalue weighted by atomic mass is 79.9. The molecule has 0 spiro atoms. The lowest BCUT2D eigenvalue weighted by atomic mass is 9.86. The molecule has 166 valence electrons. The van der Waals surface area contributed by atoms with Crippen LogP contribution < -0.4 is 14.8 Å². The number of carbonyl (C=O) groups excluding carboxylic acids is 3. The topological polar surface area (TPSA) is 81.7 Å². The Balaban J connectivity index is 1.64. The van der Waals surface area contributed by atoms with E-state index in [1.165, 1.54) is 7.11 Å². The number of halogens is 1. The predicted octanol–water partition coefficient (Wildman–Crippen LogP) is 4.99. The molecule has 3 unspecified atom stereocenters. The number of ketones is 1. The van der Waals surface area contributed by atoms with Gasteiger partial charge in [-0.2, -0.15) is 0 Å². The van der Waals surface area contributed by atoms with Crippen LogP contribution in [0, 0.1) is 10.8 Å². The minimum Gasteiger partial charge on any atom is -0.495 e. The molecule has 1 saturated carbocycles. The second kappa shape index (κ2) is 7.56. The minimum absolute atomic E-state index is 0.288. The Morgan fingerprint density at radius 3 is 2.39 bits per heavy atom. The van der Waals surface area contributed by atoms with Gasteiger partial charge in [-0.3, -0.25) is 14.4 Å². The number of carbonyl (C=O) groups is 3. The first-order chi connectivity index (χ1) is 15.9. The summed E-state index contributed by atoms with van der Waals surface area (Å²) in [5.74, 6) is -1.45. The Hall–Kier alpha value is -3.45. The summed E-state index contributed by atoms with van der Waals surface area (Å²) in [7, 11) is 1.50. The summed E-state index contributed by atoms with van der Waals surface area (Å²) < 4.78 is 11.8. The van der Waals surface area contributed by atoms with Crippen LogP contribution in [0.1, 0.15) is 28.8 Å². The van der Waals surface area contributed by atoms with Gasteiger partial charge in [0.15, 0.2) is 11.2 Å². The number of amides is 1. The zero-order chi connectivity index (χ0) is 23.4. The van der Waals surface area contributed by atoms with Crippen LogP contribution in [0.5, 0.6) is 11.5 Å². The first-order valence-corrected chi connectivity index (χ1v) is 11.2. The zero-order valence-electron chi connectivity index (χ0n) is 17.9. The normalized spacial score (nSPS) is 24.7. The molecule has 3 aromatic rings. The summed E-state index contributed by atoms with van der Waals surface area (Å²) >= 11 is 3.38. The van der Waals surface area contributed by atoms with Crippen molar-refractivity contribution in [2.75, 3.05) is 12.4 Å². The van der Waals surface area contributed by atoms with Crippen LogP contribution in [0.4, 0.5) is 5.69 Å². The fraction of sp³-hybridized carbons (Fsp3) is 0.192. The average molecular weight is 506 g/mol. The fourth-order valence-corrected chi connectivity index (χ4v) is 5.39. The molecule has 3 aromatic carbocycles. The number of hydrogen-bond acceptors (Lipinski definition) is 5. The van der Waals surface area contributed by atoms with Gasteiger partial charge in [0.2, 0.25) is 5.91 Å². The first-order valence-electron chi connectivity index (χ1n) is 10.4. The van der Waals surface area contributed by atoms with Crippen molar-refractivity contribution in [2.24, 2.45) is 10.8 Å². The second-order valence-electron chi connectivity index (χ2n) is 8.36. The summed E-state index contributed by atoms with van der Waals surface area (Å²) in [6.07, 6.45) is 0. The third kappa shape index (κ3) is 2.88. The van der Waals surface area contributed by atoms with Crippen LogP contribution in [-0.2, 0) is 9.59 Å². The van der Waals surface area contributed by atoms with Crippen LogP contribution in [0.3, 0.4) is 0 Å². The fourth-order valence-electron chi connectivity index (χ4n) is 5.13. The molecule has 7 heteroatoms. The predicted molar refractivity (Wildman–Crippen MR) is 125 cm³/mol. The third-order valence-electron chi connectivity index (χ3n) is 6.79. The lowest BCUT2D eigenvalue weighted by molar-refractivity contribution is -0.147. The van der Waals surface area contributed by atoms with Gasteiger partial charge in [-0.25, -0.2) is 0 Å². The van der Waals surface area contributed by atoms with Crippen LogP contribution in [-0.4, -0.2) is 24.8 Å². The number of para-hydroxylation sites is 3. The van der Waals surface area contributed by atoms with Crippen LogP contribution >= 0.6 is 15.9 Å². The number of anilines is 1. The van der Waals surface area contributed by atoms with Crippen LogP contribution in [0.15, 0.2) is 77.3 Å². The van der Waals surface area contributed by atoms with Crippen molar-refractivity contribution in [1.29, 1.82) is 0 Å². The van der Waals surface area contributed by atoms with Gasteiger partial charge in [0.1, 0.15) is 11.5 Å². The highest BCUT2D eigenvalue weighted by Gasteiger charge is 2.88. The molecule has 0 saturated heterocycles. The van der Waals surface area contributed by atoms with E-state index in [0.29, 0.717) is 28.3 Å². The summed E-state index contributed by atoms with van der Waals surface area (Å²) in [5, 5.41) is 2.82. The van der Waals surface area contributed by atoms with Crippen molar-refractivity contribution >= 4 is 39.3 Å². The number of esters is 1. The largest absolute Gasteiger partial charge is 0.495 e. The maximum absolute atomic E-state index is 13.8. The maximum Gasteiger partial charge on any atom is 0.328 e. The summed E-state index contributed by atoms with van der Waals surface area (Å²) in [4.78, 5) is 41.1. The minimum atomic E-state index is -1.70. The highest BCUT2D eigenvalue weighted by Crippen LogP contribution is 2.78. The van der Waals surface area contributed by atoms with Gasteiger partial charge in [0.25, 0.3) is 0 Å². The highest BCUT2D eigenvalue weighted by molar-refractivity contribution is 9.10. The molecule has 1 N–H and O–H groups in total. The summed E-state index contributed by atoms with van der Waals surface area (Å²) in [6.45, 7) is 1.67. The smallest absolute Gasteiger partial charge is 0.328 e. The molecular formula is C26H20BrNO5. The molecule has 1 heterocycles. The van der Waals surface area contributed by atoms with E-state index in [-0.39, 0.29) is 5.78 Å². The molecule has 33 heavy (non-hydrogen) atoms. The van der Waals surface area contributed by atoms with Gasteiger partial charge in [0, 0.05) is 21.5 Å². The van der Waals surface area contributed by atoms with Crippen molar-refractivity contribution in [3.63, 3.8) is 0 Å². The van der Waals surface area contributed by atoms with E-state index in [9.17, 15) is 14.4 Å². The number of hydrogen-bond donors (Lipinski definition) is 1. The SMILES string of the molecule is COc1ccccc1NC(=O)C12C(=O)Oc3ccccc3C1C2(C)C(=O)c1ccc(Br)cc1. The number of benzene rings is 3. The number of ether oxygens (including phenoxy) is 2. The number of fused-ring (bicyclic) bond motifs is 3. The van der Waals surface area contributed by atoms with E-state index < -0.39 is 28.6 Å². The number of nitrogens with one attached hydrogen (secondary N) is 1. The average Bonchev–Trinajstić information content (AvgIpc) is 3.43. The monoisotopic (exact) mass is 505 g/mol. The molecule has 1 aliphatic carbocycles. The molecule has 1 aliphatic heterocycles. The van der Waals surface area contributed by atoms with Crippen molar-refractivity contribution in [3.8, 4) is 11.5 Å².